The Bertz CT molecular complexity index is 660. The summed E-state index contributed by atoms with van der Waals surface area (Å²) in [5, 5.41) is 0. The third-order valence-electron chi connectivity index (χ3n) is 2.67. The van der Waals surface area contributed by atoms with Crippen LogP contribution < -0.4 is 10.5 Å². The van der Waals surface area contributed by atoms with Crippen molar-refractivity contribution in [3.63, 3.8) is 0 Å². The Morgan fingerprint density at radius 3 is 2.67 bits per heavy atom. The second-order valence-electron chi connectivity index (χ2n) is 4.12. The molecule has 0 spiro atoms. The predicted octanol–water partition coefficient (Wildman–Crippen LogP) is 2.31. The van der Waals surface area contributed by atoms with E-state index in [0.717, 1.165) is 12.1 Å². The minimum Gasteiger partial charge on any atom is -0.484 e. The Labute approximate surface area is 119 Å². The molecule has 0 aliphatic heterocycles. The molecular formula is C14H12F2N2O3. The fourth-order valence-electron chi connectivity index (χ4n) is 1.55. The average molecular weight is 294 g/mol. The van der Waals surface area contributed by atoms with E-state index in [1.165, 1.54) is 25.4 Å². The van der Waals surface area contributed by atoms with Gasteiger partial charge in [0.2, 0.25) is 0 Å². The molecule has 1 aromatic carbocycles. The van der Waals surface area contributed by atoms with Gasteiger partial charge in [0.05, 0.1) is 24.1 Å². The monoisotopic (exact) mass is 294 g/mol. The normalized spacial score (nSPS) is 10.2. The van der Waals surface area contributed by atoms with Crippen molar-refractivity contribution in [3.05, 3.63) is 53.4 Å². The summed E-state index contributed by atoms with van der Waals surface area (Å²) in [6, 6.07) is 4.74. The molecule has 0 aliphatic rings. The fourth-order valence-corrected chi connectivity index (χ4v) is 1.55. The Morgan fingerprint density at radius 2 is 2.05 bits per heavy atom. The second-order valence-corrected chi connectivity index (χ2v) is 4.12. The fraction of sp³-hybridized carbons (Fsp3) is 0.143. The van der Waals surface area contributed by atoms with Gasteiger partial charge in [-0.05, 0) is 12.1 Å². The van der Waals surface area contributed by atoms with Crippen molar-refractivity contribution in [2.75, 3.05) is 12.8 Å². The van der Waals surface area contributed by atoms with Gasteiger partial charge in [-0.3, -0.25) is 4.98 Å². The molecule has 7 heteroatoms. The van der Waals surface area contributed by atoms with Gasteiger partial charge in [-0.25, -0.2) is 13.6 Å². The van der Waals surface area contributed by atoms with E-state index in [0.29, 0.717) is 5.69 Å². The lowest BCUT2D eigenvalue weighted by molar-refractivity contribution is 0.0600. The number of aromatic nitrogens is 1. The van der Waals surface area contributed by atoms with Crippen molar-refractivity contribution in [2.45, 2.75) is 6.61 Å². The third-order valence-corrected chi connectivity index (χ3v) is 2.67. The average Bonchev–Trinajstić information content (AvgIpc) is 2.49. The summed E-state index contributed by atoms with van der Waals surface area (Å²) in [6.07, 6.45) is 1.31. The van der Waals surface area contributed by atoms with E-state index >= 15 is 0 Å². The SMILES string of the molecule is COC(=O)c1ccc(COc2cc(F)c(N)cc2F)nc1. The zero-order valence-electron chi connectivity index (χ0n) is 11.1. The smallest absolute Gasteiger partial charge is 0.339 e. The molecule has 2 N–H and O–H groups in total. The van der Waals surface area contributed by atoms with E-state index in [9.17, 15) is 13.6 Å². The predicted molar refractivity (Wildman–Crippen MR) is 70.7 cm³/mol. The number of ether oxygens (including phenoxy) is 2. The molecular weight excluding hydrogens is 282 g/mol. The van der Waals surface area contributed by atoms with Gasteiger partial charge >= 0.3 is 5.97 Å². The first-order valence-electron chi connectivity index (χ1n) is 5.92. The van der Waals surface area contributed by atoms with Gasteiger partial charge in [-0.1, -0.05) is 0 Å². The first-order chi connectivity index (χ1) is 10.0. The van der Waals surface area contributed by atoms with E-state index in [-0.39, 0.29) is 23.6 Å². The highest BCUT2D eigenvalue weighted by molar-refractivity contribution is 5.88. The summed E-state index contributed by atoms with van der Waals surface area (Å²) in [7, 11) is 1.26. The van der Waals surface area contributed by atoms with Crippen LogP contribution in [0.3, 0.4) is 0 Å². The Morgan fingerprint density at radius 1 is 1.29 bits per heavy atom. The lowest BCUT2D eigenvalue weighted by Crippen LogP contribution is -2.05. The summed E-state index contributed by atoms with van der Waals surface area (Å²) in [6.45, 7) is -0.0816. The number of nitrogen functional groups attached to an aromatic ring is 1. The van der Waals surface area contributed by atoms with Crippen LogP contribution in [0.2, 0.25) is 0 Å². The number of rotatable bonds is 4. The maximum absolute atomic E-state index is 13.5. The molecule has 0 saturated heterocycles. The van der Waals surface area contributed by atoms with Crippen LogP contribution in [0.4, 0.5) is 14.5 Å². The first-order valence-corrected chi connectivity index (χ1v) is 5.92. The molecule has 1 aromatic heterocycles. The molecule has 2 aromatic rings. The van der Waals surface area contributed by atoms with Crippen LogP contribution in [0, 0.1) is 11.6 Å². The second kappa shape index (κ2) is 6.17. The summed E-state index contributed by atoms with van der Waals surface area (Å²) in [5.41, 5.74) is 5.66. The molecule has 1 heterocycles. The van der Waals surface area contributed by atoms with Gasteiger partial charge in [0, 0.05) is 18.3 Å². The molecule has 0 radical (unpaired) electrons. The topological polar surface area (TPSA) is 74.4 Å². The number of hydrogen-bond donors (Lipinski definition) is 1. The number of carbonyl (C=O) groups excluding carboxylic acids is 1. The highest BCUT2D eigenvalue weighted by Crippen LogP contribution is 2.23. The molecule has 0 atom stereocenters. The highest BCUT2D eigenvalue weighted by atomic mass is 19.1. The molecule has 0 bridgehead atoms. The van der Waals surface area contributed by atoms with Crippen LogP contribution in [-0.2, 0) is 11.3 Å². The minimum atomic E-state index is -0.764. The molecule has 0 aliphatic carbocycles. The van der Waals surface area contributed by atoms with E-state index in [1.807, 2.05) is 0 Å². The van der Waals surface area contributed by atoms with Gasteiger partial charge < -0.3 is 15.2 Å². The molecule has 0 fully saturated rings. The van der Waals surface area contributed by atoms with E-state index < -0.39 is 17.6 Å². The van der Waals surface area contributed by atoms with Gasteiger partial charge in [-0.2, -0.15) is 0 Å². The number of carbonyl (C=O) groups is 1. The van der Waals surface area contributed by atoms with Crippen LogP contribution in [0.1, 0.15) is 16.1 Å². The van der Waals surface area contributed by atoms with Crippen molar-refractivity contribution in [1.29, 1.82) is 0 Å². The number of esters is 1. The quantitative estimate of drug-likeness (QED) is 0.692. The number of methoxy groups -OCH3 is 1. The Hall–Kier alpha value is -2.70. The number of halogens is 2. The molecule has 5 nitrogen and oxygen atoms in total. The number of benzene rings is 1. The van der Waals surface area contributed by atoms with Gasteiger partial charge in [-0.15, -0.1) is 0 Å². The number of anilines is 1. The lowest BCUT2D eigenvalue weighted by Gasteiger charge is -2.08. The van der Waals surface area contributed by atoms with Crippen molar-refractivity contribution >= 4 is 11.7 Å². The number of hydrogen-bond acceptors (Lipinski definition) is 5. The van der Waals surface area contributed by atoms with Gasteiger partial charge in [0.1, 0.15) is 12.4 Å². The molecule has 0 amide bonds. The van der Waals surface area contributed by atoms with Crippen LogP contribution in [0.15, 0.2) is 30.5 Å². The minimum absolute atomic E-state index is 0.0816. The molecule has 2 rings (SSSR count). The molecule has 21 heavy (non-hydrogen) atoms. The molecule has 0 saturated carbocycles. The van der Waals surface area contributed by atoms with Crippen LogP contribution in [0.5, 0.6) is 5.75 Å². The lowest BCUT2D eigenvalue weighted by atomic mass is 10.2. The number of nitrogens with zero attached hydrogens (tertiary/aromatic N) is 1. The van der Waals surface area contributed by atoms with Gasteiger partial charge in [0.25, 0.3) is 0 Å². The molecule has 0 unspecified atom stereocenters. The highest BCUT2D eigenvalue weighted by Gasteiger charge is 2.10. The summed E-state index contributed by atoms with van der Waals surface area (Å²) < 4.78 is 36.4. The van der Waals surface area contributed by atoms with E-state index in [2.05, 4.69) is 9.72 Å². The summed E-state index contributed by atoms with van der Waals surface area (Å²) >= 11 is 0. The molecule has 110 valence electrons. The summed E-state index contributed by atoms with van der Waals surface area (Å²) in [4.78, 5) is 15.2. The van der Waals surface area contributed by atoms with E-state index in [1.54, 1.807) is 0 Å². The van der Waals surface area contributed by atoms with Gasteiger partial charge in [0.15, 0.2) is 11.6 Å². The standard InChI is InChI=1S/C14H12F2N2O3/c1-20-14(19)8-2-3-9(18-6-8)7-21-13-5-10(15)12(17)4-11(13)16/h2-6H,7,17H2,1H3. The van der Waals surface area contributed by atoms with Crippen LogP contribution in [0.25, 0.3) is 0 Å². The number of pyridine rings is 1. The largest absolute Gasteiger partial charge is 0.484 e. The third kappa shape index (κ3) is 3.44. The van der Waals surface area contributed by atoms with Crippen LogP contribution in [-0.4, -0.2) is 18.1 Å². The number of nitrogens with two attached hydrogens (primary N) is 1. The first kappa shape index (κ1) is 14.7. The Kier molecular flexibility index (Phi) is 4.32. The van der Waals surface area contributed by atoms with Crippen LogP contribution >= 0.6 is 0 Å². The van der Waals surface area contributed by atoms with Crippen molar-refractivity contribution in [3.8, 4) is 5.75 Å². The van der Waals surface area contributed by atoms with Crippen molar-refractivity contribution < 1.29 is 23.0 Å². The Balaban J connectivity index is 2.06. The van der Waals surface area contributed by atoms with Crippen molar-refractivity contribution in [2.24, 2.45) is 0 Å². The van der Waals surface area contributed by atoms with E-state index in [4.69, 9.17) is 10.5 Å². The summed E-state index contributed by atoms with van der Waals surface area (Å²) in [5.74, 6) is -2.30. The zero-order valence-corrected chi connectivity index (χ0v) is 11.1. The zero-order chi connectivity index (χ0) is 15.4. The maximum Gasteiger partial charge on any atom is 0.339 e. The van der Waals surface area contributed by atoms with Crippen molar-refractivity contribution in [1.82, 2.24) is 4.98 Å². The maximum atomic E-state index is 13.5.